The van der Waals surface area contributed by atoms with E-state index < -0.39 is 5.97 Å². The molecule has 1 aromatic heterocycles. The molecule has 2 aromatic rings. The molecular formula is C14H11BrN2O3. The van der Waals surface area contributed by atoms with Gasteiger partial charge in [-0.25, -0.2) is 4.79 Å². The van der Waals surface area contributed by atoms with Crippen molar-refractivity contribution >= 4 is 33.5 Å². The van der Waals surface area contributed by atoms with Crippen molar-refractivity contribution in [3.05, 3.63) is 57.8 Å². The number of hydrogen-bond donors (Lipinski definition) is 2. The Morgan fingerprint density at radius 3 is 2.65 bits per heavy atom. The fraction of sp³-hybridized carbons (Fsp3) is 0.0714. The highest BCUT2D eigenvalue weighted by atomic mass is 79.9. The first kappa shape index (κ1) is 14.2. The van der Waals surface area contributed by atoms with Crippen LogP contribution in [0.4, 0.5) is 5.69 Å². The summed E-state index contributed by atoms with van der Waals surface area (Å²) in [6, 6.07) is 6.67. The summed E-state index contributed by atoms with van der Waals surface area (Å²) < 4.78 is 0.890. The van der Waals surface area contributed by atoms with E-state index in [2.05, 4.69) is 26.2 Å². The van der Waals surface area contributed by atoms with Crippen LogP contribution in [0.3, 0.4) is 0 Å². The van der Waals surface area contributed by atoms with E-state index >= 15 is 0 Å². The fourth-order valence-corrected chi connectivity index (χ4v) is 2.18. The lowest BCUT2D eigenvalue weighted by molar-refractivity contribution is 0.0696. The summed E-state index contributed by atoms with van der Waals surface area (Å²) in [5.74, 6) is -1.40. The second kappa shape index (κ2) is 5.83. The van der Waals surface area contributed by atoms with Crippen molar-refractivity contribution < 1.29 is 14.7 Å². The van der Waals surface area contributed by atoms with Gasteiger partial charge in [0.05, 0.1) is 17.4 Å². The third-order valence-electron chi connectivity index (χ3n) is 2.68. The minimum atomic E-state index is -1.09. The predicted molar refractivity (Wildman–Crippen MR) is 78.0 cm³/mol. The number of aromatic nitrogens is 1. The van der Waals surface area contributed by atoms with Crippen molar-refractivity contribution in [1.82, 2.24) is 4.98 Å². The number of halogens is 1. The lowest BCUT2D eigenvalue weighted by Gasteiger charge is -2.08. The number of carboxylic acids is 1. The lowest BCUT2D eigenvalue weighted by Crippen LogP contribution is -2.14. The molecule has 0 atom stereocenters. The van der Waals surface area contributed by atoms with Gasteiger partial charge in [-0.2, -0.15) is 0 Å². The van der Waals surface area contributed by atoms with Gasteiger partial charge in [0, 0.05) is 16.2 Å². The van der Waals surface area contributed by atoms with Crippen LogP contribution in [0.15, 0.2) is 41.1 Å². The van der Waals surface area contributed by atoms with Crippen LogP contribution in [0.1, 0.15) is 26.3 Å². The molecule has 0 aliphatic carbocycles. The maximum absolute atomic E-state index is 12.1. The zero-order valence-electron chi connectivity index (χ0n) is 10.6. The van der Waals surface area contributed by atoms with E-state index in [4.69, 9.17) is 5.11 Å². The molecule has 0 spiro atoms. The average molecular weight is 335 g/mol. The molecule has 20 heavy (non-hydrogen) atoms. The van der Waals surface area contributed by atoms with E-state index in [1.54, 1.807) is 12.1 Å². The molecule has 0 radical (unpaired) electrons. The number of anilines is 1. The molecule has 2 rings (SSSR count). The summed E-state index contributed by atoms with van der Waals surface area (Å²) in [6.45, 7) is 1.82. The van der Waals surface area contributed by atoms with Crippen molar-refractivity contribution in [2.75, 3.05) is 5.32 Å². The highest BCUT2D eigenvalue weighted by Gasteiger charge is 2.11. The molecule has 0 aliphatic heterocycles. The number of nitrogens with one attached hydrogen (secondary N) is 1. The number of benzene rings is 1. The lowest BCUT2D eigenvalue weighted by atomic mass is 10.1. The largest absolute Gasteiger partial charge is 0.478 e. The van der Waals surface area contributed by atoms with Gasteiger partial charge < -0.3 is 10.4 Å². The number of carbonyl (C=O) groups is 2. The van der Waals surface area contributed by atoms with Crippen molar-refractivity contribution in [1.29, 1.82) is 0 Å². The van der Waals surface area contributed by atoms with E-state index in [0.717, 1.165) is 10.0 Å². The predicted octanol–water partition coefficient (Wildman–Crippen LogP) is 3.10. The third-order valence-corrected chi connectivity index (χ3v) is 3.17. The van der Waals surface area contributed by atoms with Gasteiger partial charge in [-0.1, -0.05) is 15.9 Å². The van der Waals surface area contributed by atoms with Crippen molar-refractivity contribution in [3.8, 4) is 0 Å². The van der Waals surface area contributed by atoms with Crippen LogP contribution in [-0.2, 0) is 0 Å². The standard InChI is InChI=1S/C14H11BrN2O3/c1-8-4-10(15)2-3-12(8)13(18)17-11-5-9(14(19)20)6-16-7-11/h2-7H,1H3,(H,17,18)(H,19,20). The number of hydrogen-bond acceptors (Lipinski definition) is 3. The van der Waals surface area contributed by atoms with Gasteiger partial charge in [-0.05, 0) is 36.8 Å². The van der Waals surface area contributed by atoms with Gasteiger partial charge in [0.1, 0.15) is 0 Å². The Morgan fingerprint density at radius 2 is 2.00 bits per heavy atom. The molecule has 5 nitrogen and oxygen atoms in total. The quantitative estimate of drug-likeness (QED) is 0.903. The molecule has 0 bridgehead atoms. The highest BCUT2D eigenvalue weighted by molar-refractivity contribution is 9.10. The summed E-state index contributed by atoms with van der Waals surface area (Å²) in [5.41, 5.74) is 1.71. The Balaban J connectivity index is 2.23. The molecule has 0 fully saturated rings. The first-order chi connectivity index (χ1) is 9.47. The molecule has 102 valence electrons. The van der Waals surface area contributed by atoms with Crippen LogP contribution in [0.2, 0.25) is 0 Å². The zero-order valence-corrected chi connectivity index (χ0v) is 12.1. The Bertz CT molecular complexity index is 686. The Hall–Kier alpha value is -2.21. The minimum Gasteiger partial charge on any atom is -0.478 e. The third kappa shape index (κ3) is 3.21. The molecule has 0 unspecified atom stereocenters. The van der Waals surface area contributed by atoms with Gasteiger partial charge in [-0.3, -0.25) is 9.78 Å². The summed E-state index contributed by atoms with van der Waals surface area (Å²) in [5, 5.41) is 11.5. The zero-order chi connectivity index (χ0) is 14.7. The second-order valence-electron chi connectivity index (χ2n) is 4.18. The number of carboxylic acid groups (broad SMARTS) is 1. The summed E-state index contributed by atoms with van der Waals surface area (Å²) in [7, 11) is 0. The smallest absolute Gasteiger partial charge is 0.337 e. The number of carbonyl (C=O) groups excluding carboxylic acids is 1. The normalized spacial score (nSPS) is 10.1. The van der Waals surface area contributed by atoms with Crippen LogP contribution < -0.4 is 5.32 Å². The number of amides is 1. The summed E-state index contributed by atoms with van der Waals surface area (Å²) >= 11 is 3.33. The van der Waals surface area contributed by atoms with Crippen molar-refractivity contribution in [3.63, 3.8) is 0 Å². The number of aromatic carboxylic acids is 1. The van der Waals surface area contributed by atoms with E-state index in [0.29, 0.717) is 11.3 Å². The molecule has 0 saturated carbocycles. The maximum atomic E-state index is 12.1. The van der Waals surface area contributed by atoms with E-state index in [1.807, 2.05) is 13.0 Å². The van der Waals surface area contributed by atoms with Crippen LogP contribution in [0.25, 0.3) is 0 Å². The molecule has 2 N–H and O–H groups in total. The van der Waals surface area contributed by atoms with Gasteiger partial charge in [0.15, 0.2) is 0 Å². The molecule has 0 saturated heterocycles. The molecule has 6 heteroatoms. The Labute approximate surface area is 123 Å². The fourth-order valence-electron chi connectivity index (χ4n) is 1.71. The first-order valence-electron chi connectivity index (χ1n) is 5.73. The number of nitrogens with zero attached hydrogens (tertiary/aromatic N) is 1. The van der Waals surface area contributed by atoms with Crippen molar-refractivity contribution in [2.45, 2.75) is 6.92 Å². The second-order valence-corrected chi connectivity index (χ2v) is 5.10. The van der Waals surface area contributed by atoms with E-state index in [9.17, 15) is 9.59 Å². The van der Waals surface area contributed by atoms with Gasteiger partial charge in [0.25, 0.3) is 5.91 Å². The van der Waals surface area contributed by atoms with Gasteiger partial charge in [-0.15, -0.1) is 0 Å². The minimum absolute atomic E-state index is 0.0235. The summed E-state index contributed by atoms with van der Waals surface area (Å²) in [6.07, 6.45) is 2.63. The number of pyridine rings is 1. The van der Waals surface area contributed by atoms with Crippen LogP contribution in [-0.4, -0.2) is 22.0 Å². The maximum Gasteiger partial charge on any atom is 0.337 e. The van der Waals surface area contributed by atoms with Gasteiger partial charge in [0.2, 0.25) is 0 Å². The number of rotatable bonds is 3. The Kier molecular flexibility index (Phi) is 4.14. The van der Waals surface area contributed by atoms with E-state index in [-0.39, 0.29) is 11.5 Å². The topological polar surface area (TPSA) is 79.3 Å². The molecule has 1 amide bonds. The van der Waals surface area contributed by atoms with E-state index in [1.165, 1.54) is 18.5 Å². The molecule has 1 aromatic carbocycles. The average Bonchev–Trinajstić information content (AvgIpc) is 2.38. The molecular weight excluding hydrogens is 324 g/mol. The highest BCUT2D eigenvalue weighted by Crippen LogP contribution is 2.17. The summed E-state index contributed by atoms with van der Waals surface area (Å²) in [4.78, 5) is 26.8. The first-order valence-corrected chi connectivity index (χ1v) is 6.52. The van der Waals surface area contributed by atoms with Crippen LogP contribution in [0, 0.1) is 6.92 Å². The molecule has 0 aliphatic rings. The van der Waals surface area contributed by atoms with Crippen LogP contribution in [0.5, 0.6) is 0 Å². The molecule has 1 heterocycles. The SMILES string of the molecule is Cc1cc(Br)ccc1C(=O)Nc1cncc(C(=O)O)c1. The van der Waals surface area contributed by atoms with Crippen molar-refractivity contribution in [2.24, 2.45) is 0 Å². The van der Waals surface area contributed by atoms with Crippen LogP contribution >= 0.6 is 15.9 Å². The van der Waals surface area contributed by atoms with Gasteiger partial charge >= 0.3 is 5.97 Å². The number of aryl methyl sites for hydroxylation is 1. The Morgan fingerprint density at radius 1 is 1.25 bits per heavy atom. The monoisotopic (exact) mass is 334 g/mol.